The molecule has 0 saturated carbocycles. The summed E-state index contributed by atoms with van der Waals surface area (Å²) in [5.41, 5.74) is -1.73. The van der Waals surface area contributed by atoms with E-state index in [1.54, 1.807) is 0 Å². The Morgan fingerprint density at radius 1 is 1.23 bits per heavy atom. The zero-order valence-corrected chi connectivity index (χ0v) is 16.3. The van der Waals surface area contributed by atoms with Gasteiger partial charge in [-0.3, -0.25) is 10.1 Å². The second-order valence-corrected chi connectivity index (χ2v) is 6.12. The van der Waals surface area contributed by atoms with Gasteiger partial charge in [-0.2, -0.15) is 13.2 Å². The Kier molecular flexibility index (Phi) is 7.35. The monoisotopic (exact) mass is 446 g/mol. The number of benzene rings is 2. The predicted octanol–water partition coefficient (Wildman–Crippen LogP) is 4.97. The lowest BCUT2D eigenvalue weighted by atomic mass is 10.1. The number of rotatable bonds is 7. The van der Waals surface area contributed by atoms with Crippen LogP contribution in [-0.4, -0.2) is 30.3 Å². The zero-order valence-electron chi connectivity index (χ0n) is 15.5. The molecule has 0 atom stereocenters. The molecule has 2 aromatic carbocycles. The summed E-state index contributed by atoms with van der Waals surface area (Å²) in [5, 5.41) is 14.9. The van der Waals surface area contributed by atoms with Crippen molar-refractivity contribution in [3.05, 3.63) is 62.7 Å². The summed E-state index contributed by atoms with van der Waals surface area (Å²) in [5.74, 6) is -1.30. The molecule has 30 heavy (non-hydrogen) atoms. The first-order valence-electron chi connectivity index (χ1n) is 8.10. The Balaban J connectivity index is 2.52. The molecule has 12 heteroatoms. The van der Waals surface area contributed by atoms with Gasteiger partial charge in [0.05, 0.1) is 27.7 Å². The number of nitrogens with zero attached hydrogens (tertiary/aromatic N) is 2. The van der Waals surface area contributed by atoms with Gasteiger partial charge in [-0.25, -0.2) is 4.79 Å². The molecule has 2 rings (SSSR count). The van der Waals surface area contributed by atoms with Crippen molar-refractivity contribution >= 4 is 29.0 Å². The number of ether oxygens (including phenoxy) is 2. The molecule has 0 aliphatic carbocycles. The second-order valence-electron chi connectivity index (χ2n) is 5.71. The van der Waals surface area contributed by atoms with Crippen LogP contribution >= 0.6 is 11.6 Å². The second kappa shape index (κ2) is 9.55. The van der Waals surface area contributed by atoms with Gasteiger partial charge in [0.15, 0.2) is 0 Å². The summed E-state index contributed by atoms with van der Waals surface area (Å²) < 4.78 is 48.7. The maximum absolute atomic E-state index is 12.8. The van der Waals surface area contributed by atoms with E-state index in [2.05, 4.69) is 9.99 Å². The third-order valence-corrected chi connectivity index (χ3v) is 3.83. The van der Waals surface area contributed by atoms with Gasteiger partial charge in [-0.1, -0.05) is 22.8 Å². The van der Waals surface area contributed by atoms with Crippen LogP contribution in [0.3, 0.4) is 0 Å². The summed E-state index contributed by atoms with van der Waals surface area (Å²) in [7, 11) is 1.30. The number of carbonyl (C=O) groups excluding carboxylic acids is 1. The van der Waals surface area contributed by atoms with E-state index >= 15 is 0 Å². The van der Waals surface area contributed by atoms with Crippen molar-refractivity contribution < 1.29 is 37.2 Å². The van der Waals surface area contributed by atoms with Gasteiger partial charge in [-0.15, -0.1) is 0 Å². The van der Waals surface area contributed by atoms with E-state index in [0.717, 1.165) is 19.1 Å². The van der Waals surface area contributed by atoms with E-state index < -0.39 is 33.3 Å². The summed E-state index contributed by atoms with van der Waals surface area (Å²) >= 11 is 5.86. The molecule has 0 unspecified atom stereocenters. The molecule has 8 nitrogen and oxygen atoms in total. The Labute approximate surface area is 172 Å². The fraction of sp³-hybridized carbons (Fsp3) is 0.222. The first-order valence-corrected chi connectivity index (χ1v) is 8.48. The smallest absolute Gasteiger partial charge is 0.416 e. The lowest BCUT2D eigenvalue weighted by Crippen LogP contribution is -2.13. The van der Waals surface area contributed by atoms with E-state index in [0.29, 0.717) is 6.07 Å². The van der Waals surface area contributed by atoms with E-state index in [-0.39, 0.29) is 29.4 Å². The van der Waals surface area contributed by atoms with Crippen molar-refractivity contribution in [2.75, 3.05) is 13.7 Å². The first kappa shape index (κ1) is 23.1. The van der Waals surface area contributed by atoms with Gasteiger partial charge in [0.2, 0.25) is 5.75 Å². The van der Waals surface area contributed by atoms with Crippen LogP contribution in [-0.2, 0) is 20.5 Å². The largest absolute Gasteiger partial charge is 0.449 e. The van der Waals surface area contributed by atoms with Crippen molar-refractivity contribution in [3.8, 4) is 11.5 Å². The van der Waals surface area contributed by atoms with Crippen molar-refractivity contribution in [3.63, 3.8) is 0 Å². The minimum atomic E-state index is -4.61. The molecule has 0 amide bonds. The van der Waals surface area contributed by atoms with Crippen LogP contribution in [0.5, 0.6) is 11.5 Å². The fourth-order valence-corrected chi connectivity index (χ4v) is 2.53. The van der Waals surface area contributed by atoms with Crippen molar-refractivity contribution in [2.45, 2.75) is 13.1 Å². The Hall–Kier alpha value is -3.18. The highest BCUT2D eigenvalue weighted by atomic mass is 35.5. The van der Waals surface area contributed by atoms with Crippen molar-refractivity contribution in [1.29, 1.82) is 0 Å². The Morgan fingerprint density at radius 3 is 2.47 bits per heavy atom. The topological polar surface area (TPSA) is 100 Å². The number of carbonyl (C=O) groups is 1. The van der Waals surface area contributed by atoms with Crippen LogP contribution in [0.25, 0.3) is 0 Å². The van der Waals surface area contributed by atoms with Gasteiger partial charge in [-0.05, 0) is 30.3 Å². The van der Waals surface area contributed by atoms with Crippen LogP contribution in [0.4, 0.5) is 18.9 Å². The molecule has 0 heterocycles. The normalized spacial score (nSPS) is 11.9. The number of nitro groups is 1. The minimum absolute atomic E-state index is 0.0800. The molecule has 0 aliphatic rings. The van der Waals surface area contributed by atoms with E-state index in [1.165, 1.54) is 25.3 Å². The molecule has 0 radical (unpaired) electrons. The molecular formula is C18H14ClF3N2O6. The molecule has 0 spiro atoms. The first-order chi connectivity index (χ1) is 14.0. The average molecular weight is 447 g/mol. The highest BCUT2D eigenvalue weighted by Gasteiger charge is 2.31. The standard InChI is InChI=1S/C18H14ClF3N2O6/c1-10(25)30-23-14(9-28-2)12-4-3-5-16(17(12)24(26)27)29-15-7-6-11(8-13(15)19)18(20,21)22/h3-8H,9H2,1-2H3/b23-14-. The number of methoxy groups -OCH3 is 1. The molecule has 2 aromatic rings. The van der Waals surface area contributed by atoms with Gasteiger partial charge in [0.1, 0.15) is 11.5 Å². The zero-order chi connectivity index (χ0) is 22.5. The van der Waals surface area contributed by atoms with Gasteiger partial charge < -0.3 is 14.3 Å². The molecule has 0 aliphatic heterocycles. The van der Waals surface area contributed by atoms with Crippen LogP contribution in [0.15, 0.2) is 41.6 Å². The SMILES string of the molecule is COC/C(=N/OC(C)=O)c1cccc(Oc2ccc(C(F)(F)F)cc2Cl)c1[N+](=O)[O-]. The lowest BCUT2D eigenvalue weighted by molar-refractivity contribution is -0.385. The number of hydrogen-bond donors (Lipinski definition) is 0. The number of oxime groups is 1. The van der Waals surface area contributed by atoms with Gasteiger partial charge >= 0.3 is 17.8 Å². The van der Waals surface area contributed by atoms with E-state index in [4.69, 9.17) is 21.1 Å². The number of nitro benzene ring substituents is 1. The molecule has 0 aromatic heterocycles. The highest BCUT2D eigenvalue weighted by molar-refractivity contribution is 6.32. The fourth-order valence-electron chi connectivity index (χ4n) is 2.31. The third-order valence-electron chi connectivity index (χ3n) is 3.54. The molecule has 0 bridgehead atoms. The van der Waals surface area contributed by atoms with Crippen molar-refractivity contribution in [2.24, 2.45) is 5.16 Å². The predicted molar refractivity (Wildman–Crippen MR) is 99.8 cm³/mol. The molecular weight excluding hydrogens is 433 g/mol. The average Bonchev–Trinajstić information content (AvgIpc) is 2.65. The maximum atomic E-state index is 12.8. The van der Waals surface area contributed by atoms with Crippen LogP contribution in [0, 0.1) is 10.1 Å². The van der Waals surface area contributed by atoms with Gasteiger partial charge in [0.25, 0.3) is 0 Å². The Bertz CT molecular complexity index is 994. The summed E-state index contributed by atoms with van der Waals surface area (Å²) in [4.78, 5) is 26.5. The molecule has 0 fully saturated rings. The van der Waals surface area contributed by atoms with Crippen molar-refractivity contribution in [1.82, 2.24) is 0 Å². The number of alkyl halides is 3. The van der Waals surface area contributed by atoms with E-state index in [9.17, 15) is 28.1 Å². The number of halogens is 4. The lowest BCUT2D eigenvalue weighted by Gasteiger charge is -2.13. The number of para-hydroxylation sites is 1. The van der Waals surface area contributed by atoms with Crippen LogP contribution in [0.2, 0.25) is 5.02 Å². The Morgan fingerprint density at radius 2 is 1.93 bits per heavy atom. The highest BCUT2D eigenvalue weighted by Crippen LogP contribution is 2.39. The van der Waals surface area contributed by atoms with Crippen LogP contribution < -0.4 is 4.74 Å². The summed E-state index contributed by atoms with van der Waals surface area (Å²) in [6, 6.07) is 6.26. The summed E-state index contributed by atoms with van der Waals surface area (Å²) in [6.45, 7) is 0.854. The van der Waals surface area contributed by atoms with E-state index in [1.807, 2.05) is 0 Å². The maximum Gasteiger partial charge on any atom is 0.416 e. The van der Waals surface area contributed by atoms with Crippen LogP contribution in [0.1, 0.15) is 18.1 Å². The third kappa shape index (κ3) is 5.67. The quantitative estimate of drug-likeness (QED) is 0.257. The number of hydrogen-bond acceptors (Lipinski definition) is 7. The molecule has 0 saturated heterocycles. The molecule has 160 valence electrons. The van der Waals surface area contributed by atoms with Gasteiger partial charge in [0, 0.05) is 14.0 Å². The molecule has 0 N–H and O–H groups in total. The minimum Gasteiger partial charge on any atom is -0.449 e. The summed E-state index contributed by atoms with van der Waals surface area (Å²) in [6.07, 6.45) is -4.61.